The molecule has 0 aliphatic carbocycles. The topological polar surface area (TPSA) is 58.6 Å². The first-order valence-corrected chi connectivity index (χ1v) is 6.23. The van der Waals surface area contributed by atoms with Gasteiger partial charge in [-0.25, -0.2) is 0 Å². The lowest BCUT2D eigenvalue weighted by Crippen LogP contribution is -2.27. The van der Waals surface area contributed by atoms with Gasteiger partial charge in [-0.15, -0.1) is 0 Å². The number of aliphatic hydroxyl groups is 1. The lowest BCUT2D eigenvalue weighted by atomic mass is 10.2. The molecule has 17 heavy (non-hydrogen) atoms. The number of aliphatic hydroxyl groups excluding tert-OH is 1. The Labute approximate surface area is 113 Å². The average molecular weight is 323 g/mol. The molecule has 1 aromatic carbocycles. The van der Waals surface area contributed by atoms with Crippen molar-refractivity contribution in [2.75, 3.05) is 26.4 Å². The molecule has 0 spiro atoms. The number of amides is 1. The average Bonchev–Trinajstić information content (AvgIpc) is 2.27. The third-order valence-corrected chi connectivity index (χ3v) is 2.57. The molecule has 4 nitrogen and oxygen atoms in total. The van der Waals surface area contributed by atoms with E-state index < -0.39 is 0 Å². The van der Waals surface area contributed by atoms with Gasteiger partial charge in [-0.1, -0.05) is 27.5 Å². The van der Waals surface area contributed by atoms with Gasteiger partial charge in [-0.3, -0.25) is 4.79 Å². The summed E-state index contributed by atoms with van der Waals surface area (Å²) in [6, 6.07) is 4.99. The van der Waals surface area contributed by atoms with Crippen molar-refractivity contribution in [3.63, 3.8) is 0 Å². The predicted molar refractivity (Wildman–Crippen MR) is 69.4 cm³/mol. The Balaban J connectivity index is 2.41. The molecule has 0 bridgehead atoms. The summed E-state index contributed by atoms with van der Waals surface area (Å²) in [6.07, 6.45) is 0. The lowest BCUT2D eigenvalue weighted by Gasteiger charge is -2.06. The molecule has 0 atom stereocenters. The third-order valence-electron chi connectivity index (χ3n) is 1.89. The molecule has 0 aliphatic rings. The van der Waals surface area contributed by atoms with Crippen LogP contribution in [0.2, 0.25) is 5.02 Å². The molecule has 94 valence electrons. The van der Waals surface area contributed by atoms with E-state index >= 15 is 0 Å². The molecule has 6 heteroatoms. The van der Waals surface area contributed by atoms with Gasteiger partial charge in [0.15, 0.2) is 0 Å². The number of ether oxygens (including phenoxy) is 1. The van der Waals surface area contributed by atoms with Gasteiger partial charge in [0.05, 0.1) is 19.8 Å². The van der Waals surface area contributed by atoms with E-state index in [1.807, 2.05) is 0 Å². The summed E-state index contributed by atoms with van der Waals surface area (Å²) in [6.45, 7) is 1.02. The van der Waals surface area contributed by atoms with Crippen molar-refractivity contribution in [3.8, 4) is 0 Å². The molecular formula is C11H13BrClNO3. The predicted octanol–water partition coefficient (Wildman–Crippen LogP) is 1.84. The molecule has 0 heterocycles. The second-order valence-electron chi connectivity index (χ2n) is 3.25. The zero-order valence-corrected chi connectivity index (χ0v) is 11.4. The van der Waals surface area contributed by atoms with Crippen molar-refractivity contribution >= 4 is 33.4 Å². The molecular weight excluding hydrogens is 309 g/mol. The van der Waals surface area contributed by atoms with Crippen molar-refractivity contribution < 1.29 is 14.6 Å². The first-order valence-electron chi connectivity index (χ1n) is 5.06. The van der Waals surface area contributed by atoms with Gasteiger partial charge in [-0.05, 0) is 18.2 Å². The second kappa shape index (κ2) is 7.66. The lowest BCUT2D eigenvalue weighted by molar-refractivity contribution is 0.0838. The molecule has 1 aromatic rings. The summed E-state index contributed by atoms with van der Waals surface area (Å²) in [5.74, 6) is -0.208. The Bertz CT molecular complexity index is 367. The Morgan fingerprint density at radius 2 is 2.18 bits per heavy atom. The van der Waals surface area contributed by atoms with Crippen molar-refractivity contribution in [2.45, 2.75) is 0 Å². The smallest absolute Gasteiger partial charge is 0.251 e. The van der Waals surface area contributed by atoms with E-state index in [-0.39, 0.29) is 19.1 Å². The number of hydrogen-bond donors (Lipinski definition) is 2. The Kier molecular flexibility index (Phi) is 6.50. The van der Waals surface area contributed by atoms with Crippen LogP contribution >= 0.6 is 27.5 Å². The Morgan fingerprint density at radius 1 is 1.41 bits per heavy atom. The molecule has 1 rings (SSSR count). The third kappa shape index (κ3) is 5.50. The highest BCUT2D eigenvalue weighted by Crippen LogP contribution is 2.19. The summed E-state index contributed by atoms with van der Waals surface area (Å²) in [5, 5.41) is 11.7. The minimum atomic E-state index is -0.208. The number of nitrogens with one attached hydrogen (secondary N) is 1. The van der Waals surface area contributed by atoms with E-state index in [9.17, 15) is 4.79 Å². The first-order chi connectivity index (χ1) is 8.13. The van der Waals surface area contributed by atoms with Gasteiger partial charge in [0.1, 0.15) is 0 Å². The Hall–Kier alpha value is -0.620. The summed E-state index contributed by atoms with van der Waals surface area (Å²) in [7, 11) is 0. The fourth-order valence-corrected chi connectivity index (χ4v) is 2.05. The van der Waals surface area contributed by atoms with E-state index in [4.69, 9.17) is 21.4 Å². The van der Waals surface area contributed by atoms with Gasteiger partial charge < -0.3 is 15.2 Å². The SMILES string of the molecule is O=C(NCCOCCO)c1cc(Cl)cc(Br)c1. The second-order valence-corrected chi connectivity index (χ2v) is 4.60. The van der Waals surface area contributed by atoms with Crippen LogP contribution in [0.1, 0.15) is 10.4 Å². The summed E-state index contributed by atoms with van der Waals surface area (Å²) in [4.78, 5) is 11.7. The first kappa shape index (κ1) is 14.4. The molecule has 0 radical (unpaired) electrons. The van der Waals surface area contributed by atoms with Crippen molar-refractivity contribution in [2.24, 2.45) is 0 Å². The molecule has 0 aromatic heterocycles. The van der Waals surface area contributed by atoms with Crippen molar-refractivity contribution in [1.29, 1.82) is 0 Å². The molecule has 0 saturated heterocycles. The van der Waals surface area contributed by atoms with Gasteiger partial charge in [-0.2, -0.15) is 0 Å². The van der Waals surface area contributed by atoms with Crippen LogP contribution in [0, 0.1) is 0 Å². The van der Waals surface area contributed by atoms with Crippen LogP contribution in [0.4, 0.5) is 0 Å². The highest BCUT2D eigenvalue weighted by atomic mass is 79.9. The van der Waals surface area contributed by atoms with E-state index in [1.54, 1.807) is 18.2 Å². The maximum atomic E-state index is 11.7. The largest absolute Gasteiger partial charge is 0.394 e. The molecule has 2 N–H and O–H groups in total. The van der Waals surface area contributed by atoms with Crippen LogP contribution in [0.3, 0.4) is 0 Å². The minimum absolute atomic E-state index is 0.0187. The zero-order valence-electron chi connectivity index (χ0n) is 9.08. The molecule has 0 saturated carbocycles. The molecule has 1 amide bonds. The number of carbonyl (C=O) groups is 1. The summed E-state index contributed by atoms with van der Waals surface area (Å²) in [5.41, 5.74) is 0.492. The van der Waals surface area contributed by atoms with Gasteiger partial charge in [0.25, 0.3) is 5.91 Å². The van der Waals surface area contributed by atoms with Crippen LogP contribution in [0.25, 0.3) is 0 Å². The standard InChI is InChI=1S/C11H13BrClNO3/c12-9-5-8(6-10(13)7-9)11(16)14-1-3-17-4-2-15/h5-7,15H,1-4H2,(H,14,16). The van der Waals surface area contributed by atoms with Crippen LogP contribution in [-0.4, -0.2) is 37.4 Å². The van der Waals surface area contributed by atoms with Gasteiger partial charge in [0, 0.05) is 21.6 Å². The fraction of sp³-hybridized carbons (Fsp3) is 0.364. The Morgan fingerprint density at radius 3 is 2.82 bits per heavy atom. The number of hydrogen-bond acceptors (Lipinski definition) is 3. The minimum Gasteiger partial charge on any atom is -0.394 e. The van der Waals surface area contributed by atoms with E-state index in [0.717, 1.165) is 4.47 Å². The summed E-state index contributed by atoms with van der Waals surface area (Å²) < 4.78 is 5.77. The fourth-order valence-electron chi connectivity index (χ4n) is 1.19. The molecule has 0 fully saturated rings. The van der Waals surface area contributed by atoms with Gasteiger partial charge in [0.2, 0.25) is 0 Å². The van der Waals surface area contributed by atoms with Crippen LogP contribution in [0.5, 0.6) is 0 Å². The van der Waals surface area contributed by atoms with E-state index in [1.165, 1.54) is 0 Å². The van der Waals surface area contributed by atoms with E-state index in [2.05, 4.69) is 21.2 Å². The number of benzene rings is 1. The zero-order chi connectivity index (χ0) is 12.7. The van der Waals surface area contributed by atoms with E-state index in [0.29, 0.717) is 23.7 Å². The monoisotopic (exact) mass is 321 g/mol. The maximum Gasteiger partial charge on any atom is 0.251 e. The normalized spacial score (nSPS) is 10.3. The van der Waals surface area contributed by atoms with Crippen LogP contribution in [-0.2, 0) is 4.74 Å². The van der Waals surface area contributed by atoms with Crippen LogP contribution in [0.15, 0.2) is 22.7 Å². The molecule has 0 unspecified atom stereocenters. The molecule has 0 aliphatic heterocycles. The van der Waals surface area contributed by atoms with Crippen LogP contribution < -0.4 is 5.32 Å². The van der Waals surface area contributed by atoms with Crippen molar-refractivity contribution in [3.05, 3.63) is 33.3 Å². The highest BCUT2D eigenvalue weighted by Gasteiger charge is 2.06. The summed E-state index contributed by atoms with van der Waals surface area (Å²) >= 11 is 9.10. The van der Waals surface area contributed by atoms with Crippen molar-refractivity contribution in [1.82, 2.24) is 5.32 Å². The quantitative estimate of drug-likeness (QED) is 0.786. The number of rotatable bonds is 6. The number of carbonyl (C=O) groups excluding carboxylic acids is 1. The maximum absolute atomic E-state index is 11.7. The number of halogens is 2. The highest BCUT2D eigenvalue weighted by molar-refractivity contribution is 9.10. The van der Waals surface area contributed by atoms with Gasteiger partial charge >= 0.3 is 0 Å².